The van der Waals surface area contributed by atoms with Gasteiger partial charge in [0.05, 0.1) is 46.9 Å². The van der Waals surface area contributed by atoms with Gasteiger partial charge in [0.15, 0.2) is 5.69 Å². The number of fused-ring (bicyclic) bond motifs is 1. The number of anilines is 2. The summed E-state index contributed by atoms with van der Waals surface area (Å²) in [4.78, 5) is 56.2. The highest BCUT2D eigenvalue weighted by Gasteiger charge is 2.47. The first-order valence-electron chi connectivity index (χ1n) is 17.7. The van der Waals surface area contributed by atoms with Crippen LogP contribution >= 0.6 is 11.6 Å². The average Bonchev–Trinajstić information content (AvgIpc) is 3.40. The summed E-state index contributed by atoms with van der Waals surface area (Å²) in [7, 11) is 0. The van der Waals surface area contributed by atoms with Gasteiger partial charge in [-0.15, -0.1) is 0 Å². The maximum absolute atomic E-state index is 14.2. The smallest absolute Gasteiger partial charge is 0.418 e. The lowest BCUT2D eigenvalue weighted by Gasteiger charge is -2.44. The number of rotatable bonds is 9. The minimum atomic E-state index is -4.73. The van der Waals surface area contributed by atoms with Gasteiger partial charge in [0.1, 0.15) is 5.60 Å². The second-order valence-corrected chi connectivity index (χ2v) is 14.7. The van der Waals surface area contributed by atoms with E-state index in [1.54, 1.807) is 61.0 Å². The van der Waals surface area contributed by atoms with Crippen LogP contribution in [0.25, 0.3) is 11.3 Å². The molecule has 1 aromatic carbocycles. The summed E-state index contributed by atoms with van der Waals surface area (Å²) in [6.45, 7) is 10.7. The molecule has 3 saturated heterocycles. The van der Waals surface area contributed by atoms with Gasteiger partial charge in [-0.3, -0.25) is 9.69 Å². The minimum Gasteiger partial charge on any atom is -0.477 e. The Bertz CT molecular complexity index is 1870. The van der Waals surface area contributed by atoms with Crippen molar-refractivity contribution in [3.05, 3.63) is 64.9 Å². The Hall–Kier alpha value is -4.79. The van der Waals surface area contributed by atoms with Crippen LogP contribution in [-0.4, -0.2) is 101 Å². The molecular formula is C37H43ClF3N7O5. The molecule has 0 unspecified atom stereocenters. The van der Waals surface area contributed by atoms with Crippen LogP contribution in [-0.2, 0) is 10.9 Å². The minimum absolute atomic E-state index is 0.000890. The van der Waals surface area contributed by atoms with Crippen molar-refractivity contribution in [1.82, 2.24) is 25.1 Å². The third-order valence-electron chi connectivity index (χ3n) is 9.59. The molecule has 284 valence electrons. The first kappa shape index (κ1) is 38.0. The zero-order valence-electron chi connectivity index (χ0n) is 30.2. The van der Waals surface area contributed by atoms with Gasteiger partial charge in [0.2, 0.25) is 5.88 Å². The number of hydrogen-bond acceptors (Lipinski definition) is 8. The van der Waals surface area contributed by atoms with E-state index in [2.05, 4.69) is 10.3 Å². The predicted molar refractivity (Wildman–Crippen MR) is 193 cm³/mol. The van der Waals surface area contributed by atoms with Gasteiger partial charge in [-0.2, -0.15) is 13.2 Å². The Morgan fingerprint density at radius 3 is 2.42 bits per heavy atom. The largest absolute Gasteiger partial charge is 0.477 e. The number of alkyl halides is 3. The Balaban J connectivity index is 1.31. The molecule has 0 aliphatic carbocycles. The first-order valence-corrected chi connectivity index (χ1v) is 18.1. The molecule has 0 saturated carbocycles. The number of amides is 4. The second-order valence-electron chi connectivity index (χ2n) is 14.3. The number of piperazine rings is 1. The number of ether oxygens (including phenoxy) is 2. The van der Waals surface area contributed by atoms with Crippen molar-refractivity contribution in [2.24, 2.45) is 0 Å². The fraction of sp³-hybridized carbons (Fsp3) is 0.486. The standard InChI is InChI=1S/C37H43ClF3N7O5/c1-6-23-19-47-25(21-48(34(47)50)29-12-10-22(38)17-27(29)37(39,40)41)20-46(23)30-13-11-28(26-9-8-15-42-33(26)52-7-2)44-31(30)32(49)43-18-24-14-16-45(24)35(51)53-36(3,4)5/h8-13,15,17,23-25H,6-7,14,16,18-21H2,1-5H3,(H,43,49)/t23-,24-,25+/m1/s1. The lowest BCUT2D eigenvalue weighted by Crippen LogP contribution is -2.58. The second kappa shape index (κ2) is 14.9. The van der Waals surface area contributed by atoms with Crippen LogP contribution in [0.5, 0.6) is 5.88 Å². The van der Waals surface area contributed by atoms with Crippen molar-refractivity contribution < 1.29 is 37.0 Å². The van der Waals surface area contributed by atoms with Crippen LogP contribution in [0, 0.1) is 0 Å². The topological polar surface area (TPSA) is 120 Å². The number of likely N-dealkylation sites (tertiary alicyclic amines) is 1. The van der Waals surface area contributed by atoms with E-state index in [1.807, 2.05) is 18.7 Å². The molecule has 5 heterocycles. The summed E-state index contributed by atoms with van der Waals surface area (Å²) in [6, 6.07) is 8.95. The molecule has 4 amide bonds. The van der Waals surface area contributed by atoms with Crippen LogP contribution in [0.3, 0.4) is 0 Å². The Kier molecular flexibility index (Phi) is 10.7. The van der Waals surface area contributed by atoms with E-state index in [4.69, 9.17) is 26.1 Å². The Morgan fingerprint density at radius 1 is 1.00 bits per heavy atom. The molecule has 12 nitrogen and oxygen atoms in total. The maximum atomic E-state index is 14.2. The molecule has 6 rings (SSSR count). The van der Waals surface area contributed by atoms with Crippen molar-refractivity contribution in [3.63, 3.8) is 0 Å². The number of pyridine rings is 2. The van der Waals surface area contributed by atoms with E-state index >= 15 is 0 Å². The summed E-state index contributed by atoms with van der Waals surface area (Å²) in [5.74, 6) is -0.119. The normalized spacial score (nSPS) is 20.2. The number of hydrogen-bond donors (Lipinski definition) is 1. The lowest BCUT2D eigenvalue weighted by atomic mass is 10.0. The van der Waals surface area contributed by atoms with Crippen molar-refractivity contribution in [1.29, 1.82) is 0 Å². The lowest BCUT2D eigenvalue weighted by molar-refractivity contribution is -0.137. The summed E-state index contributed by atoms with van der Waals surface area (Å²) in [6.07, 6.45) is -2.32. The zero-order chi connectivity index (χ0) is 38.2. The number of benzene rings is 1. The third kappa shape index (κ3) is 7.94. The van der Waals surface area contributed by atoms with E-state index in [0.717, 1.165) is 11.0 Å². The Labute approximate surface area is 311 Å². The molecular weight excluding hydrogens is 715 g/mol. The van der Waals surface area contributed by atoms with Crippen molar-refractivity contribution in [2.45, 2.75) is 77.4 Å². The molecule has 0 spiro atoms. The van der Waals surface area contributed by atoms with Crippen molar-refractivity contribution in [2.75, 3.05) is 49.1 Å². The van der Waals surface area contributed by atoms with E-state index in [1.165, 1.54) is 12.1 Å². The highest BCUT2D eigenvalue weighted by atomic mass is 35.5. The number of nitrogens with one attached hydrogen (secondary N) is 1. The number of aromatic nitrogens is 2. The average molecular weight is 758 g/mol. The fourth-order valence-electron chi connectivity index (χ4n) is 6.95. The molecule has 3 fully saturated rings. The van der Waals surface area contributed by atoms with Gasteiger partial charge in [-0.25, -0.2) is 19.6 Å². The van der Waals surface area contributed by atoms with E-state index in [9.17, 15) is 27.6 Å². The molecule has 3 aliphatic heterocycles. The number of carbonyl (C=O) groups excluding carboxylic acids is 3. The van der Waals surface area contributed by atoms with Crippen molar-refractivity contribution >= 4 is 41.0 Å². The quantitative estimate of drug-likeness (QED) is 0.252. The van der Waals surface area contributed by atoms with Crippen LogP contribution < -0.4 is 19.9 Å². The highest BCUT2D eigenvalue weighted by molar-refractivity contribution is 6.30. The fourth-order valence-corrected chi connectivity index (χ4v) is 7.12. The van der Waals surface area contributed by atoms with Gasteiger partial charge in [-0.1, -0.05) is 18.5 Å². The van der Waals surface area contributed by atoms with E-state index in [-0.39, 0.29) is 54.7 Å². The number of nitrogens with zero attached hydrogens (tertiary/aromatic N) is 6. The number of carbonyl (C=O) groups is 3. The van der Waals surface area contributed by atoms with Crippen LogP contribution in [0.15, 0.2) is 48.7 Å². The van der Waals surface area contributed by atoms with Crippen LogP contribution in [0.1, 0.15) is 63.5 Å². The molecule has 0 bridgehead atoms. The number of halogens is 4. The predicted octanol–water partition coefficient (Wildman–Crippen LogP) is 6.86. The van der Waals surface area contributed by atoms with Gasteiger partial charge in [0.25, 0.3) is 5.91 Å². The first-order chi connectivity index (χ1) is 25.1. The van der Waals surface area contributed by atoms with Gasteiger partial charge < -0.3 is 29.5 Å². The molecule has 2 aromatic heterocycles. The van der Waals surface area contributed by atoms with Crippen LogP contribution in [0.2, 0.25) is 5.02 Å². The highest BCUT2D eigenvalue weighted by Crippen LogP contribution is 2.41. The Morgan fingerprint density at radius 2 is 1.75 bits per heavy atom. The van der Waals surface area contributed by atoms with Gasteiger partial charge in [0, 0.05) is 50.0 Å². The van der Waals surface area contributed by atoms with E-state index < -0.39 is 41.4 Å². The van der Waals surface area contributed by atoms with E-state index in [0.29, 0.717) is 48.8 Å². The molecule has 3 atom stereocenters. The summed E-state index contributed by atoms with van der Waals surface area (Å²) in [5, 5.41) is 2.89. The third-order valence-corrected chi connectivity index (χ3v) is 9.82. The zero-order valence-corrected chi connectivity index (χ0v) is 31.0. The molecule has 16 heteroatoms. The summed E-state index contributed by atoms with van der Waals surface area (Å²) >= 11 is 5.93. The summed E-state index contributed by atoms with van der Waals surface area (Å²) < 4.78 is 53.5. The molecule has 3 aromatic rings. The van der Waals surface area contributed by atoms with Gasteiger partial charge >= 0.3 is 18.3 Å². The maximum Gasteiger partial charge on any atom is 0.418 e. The van der Waals surface area contributed by atoms with Crippen LogP contribution in [0.4, 0.5) is 34.1 Å². The molecule has 0 radical (unpaired) electrons. The molecule has 1 N–H and O–H groups in total. The SMILES string of the molecule is CCOc1ncccc1-c1ccc(N2C[C@H]3CN(c4ccc(Cl)cc4C(F)(F)F)C(=O)N3C[C@H]2CC)c(C(=O)NC[C@H]2CCN2C(=O)OC(C)(C)C)n1. The number of urea groups is 1. The summed E-state index contributed by atoms with van der Waals surface area (Å²) in [5.41, 5.74) is -0.257. The monoisotopic (exact) mass is 757 g/mol. The van der Waals surface area contributed by atoms with Gasteiger partial charge in [-0.05, 0) is 83.0 Å². The molecule has 53 heavy (non-hydrogen) atoms. The van der Waals surface area contributed by atoms with Crippen molar-refractivity contribution in [3.8, 4) is 17.1 Å². The molecule has 3 aliphatic rings.